The molecule has 332 valence electrons. The van der Waals surface area contributed by atoms with Crippen LogP contribution in [0.5, 0.6) is 0 Å². The molecular formula is C26H42F12N6O8S4. The molecule has 0 aliphatic rings. The van der Waals surface area contributed by atoms with Gasteiger partial charge in [-0.2, -0.15) is 52.7 Å². The van der Waals surface area contributed by atoms with E-state index >= 15 is 0 Å². The minimum absolute atomic E-state index is 0.778. The van der Waals surface area contributed by atoms with Gasteiger partial charge in [-0.25, -0.2) is 51.9 Å². The van der Waals surface area contributed by atoms with E-state index in [-0.39, 0.29) is 0 Å². The first-order chi connectivity index (χ1) is 25.1. The van der Waals surface area contributed by atoms with Crippen LogP contribution in [0, 0.1) is 0 Å². The molecule has 0 saturated heterocycles. The standard InChI is InChI=1S/2C11H21N2.2C2F6NO4S2/c2*1-3-4-5-6-7-8-13-10-9-12(2)11-13;2*3-1(4,5)14(10,11)9-15(12,13)2(6,7)8/h2*9-11H,3-8H2,1-2H3;;/q2*+1;2*-1. The Morgan fingerprint density at radius 3 is 0.857 bits per heavy atom. The lowest BCUT2D eigenvalue weighted by Gasteiger charge is -2.22. The predicted octanol–water partition coefficient (Wildman–Crippen LogP) is 6.68. The number of sulfonamides is 4. The van der Waals surface area contributed by atoms with Gasteiger partial charge in [-0.1, -0.05) is 52.4 Å². The second kappa shape index (κ2) is 23.0. The van der Waals surface area contributed by atoms with E-state index in [1.54, 1.807) is 0 Å². The van der Waals surface area contributed by atoms with Crippen LogP contribution in [0.25, 0.3) is 8.25 Å². The van der Waals surface area contributed by atoms with Crippen molar-refractivity contribution in [2.45, 2.75) is 113 Å². The fraction of sp³-hybridized carbons (Fsp3) is 0.769. The fourth-order valence-electron chi connectivity index (χ4n) is 3.49. The zero-order valence-electron chi connectivity index (χ0n) is 30.1. The maximum Gasteiger partial charge on any atom is 0.480 e. The Morgan fingerprint density at radius 2 is 0.679 bits per heavy atom. The summed E-state index contributed by atoms with van der Waals surface area (Å²) in [6.45, 7) is 6.85. The number of rotatable bonds is 16. The van der Waals surface area contributed by atoms with Gasteiger partial charge < -0.3 is 8.25 Å². The number of aryl methyl sites for hydroxylation is 4. The van der Waals surface area contributed by atoms with Crippen LogP contribution in [0.15, 0.2) is 37.4 Å². The Balaban J connectivity index is 0. The number of aromatic nitrogens is 4. The molecule has 2 aromatic heterocycles. The normalized spacial score (nSPS) is 13.1. The van der Waals surface area contributed by atoms with Crippen molar-refractivity contribution in [2.75, 3.05) is 0 Å². The quantitative estimate of drug-likeness (QED) is 0.101. The van der Waals surface area contributed by atoms with Gasteiger partial charge in [-0.3, -0.25) is 0 Å². The molecular weight excluding hydrogens is 881 g/mol. The molecule has 0 aliphatic heterocycles. The first-order valence-corrected chi connectivity index (χ1v) is 21.6. The molecule has 2 rings (SSSR count). The summed E-state index contributed by atoms with van der Waals surface area (Å²) in [5.74, 6) is 0. The molecule has 0 unspecified atom stereocenters. The summed E-state index contributed by atoms with van der Waals surface area (Å²) >= 11 is 0. The first kappa shape index (κ1) is 55.4. The molecule has 2 aromatic rings. The molecule has 0 bridgehead atoms. The number of alkyl halides is 12. The van der Waals surface area contributed by atoms with Crippen molar-refractivity contribution < 1.29 is 95.5 Å². The van der Waals surface area contributed by atoms with Crippen LogP contribution in [0.1, 0.15) is 78.1 Å². The molecule has 0 saturated carbocycles. The maximum absolute atomic E-state index is 11.4. The van der Waals surface area contributed by atoms with Crippen molar-refractivity contribution in [3.63, 3.8) is 0 Å². The Morgan fingerprint density at radius 1 is 0.446 bits per heavy atom. The van der Waals surface area contributed by atoms with Crippen LogP contribution >= 0.6 is 0 Å². The summed E-state index contributed by atoms with van der Waals surface area (Å²) in [5.41, 5.74) is -24.8. The summed E-state index contributed by atoms with van der Waals surface area (Å²) in [4.78, 5) is 0. The van der Waals surface area contributed by atoms with E-state index < -0.39 is 62.1 Å². The SMILES string of the molecule is CCCCCCCn1cc[n+](C)c1.CCCCCCCn1cc[n+](C)c1.O=S(=O)([N-]S(=O)(=O)C(F)(F)F)C(F)(F)F.O=S(=O)([N-]S(=O)(=O)C(F)(F)F)C(F)(F)F. The molecule has 56 heavy (non-hydrogen) atoms. The third-order valence-electron chi connectivity index (χ3n) is 6.25. The second-order valence-corrected chi connectivity index (χ2v) is 18.1. The second-order valence-electron chi connectivity index (χ2n) is 11.3. The van der Waals surface area contributed by atoms with Gasteiger partial charge in [0, 0.05) is 0 Å². The van der Waals surface area contributed by atoms with E-state index in [1.165, 1.54) is 77.3 Å². The lowest BCUT2D eigenvalue weighted by Crippen LogP contribution is -2.30. The average molecular weight is 923 g/mol. The lowest BCUT2D eigenvalue weighted by atomic mass is 10.1. The van der Waals surface area contributed by atoms with E-state index in [9.17, 15) is 86.4 Å². The number of halogens is 12. The number of imidazole rings is 2. The van der Waals surface area contributed by atoms with E-state index in [1.807, 2.05) is 0 Å². The summed E-state index contributed by atoms with van der Waals surface area (Å²) in [5, 5.41) is 0. The third kappa shape index (κ3) is 21.7. The highest BCUT2D eigenvalue weighted by Gasteiger charge is 2.48. The van der Waals surface area contributed by atoms with Crippen LogP contribution in [-0.2, 0) is 67.3 Å². The molecule has 0 atom stereocenters. The minimum atomic E-state index is -6.72. The summed E-state index contributed by atoms with van der Waals surface area (Å²) in [6.07, 6.45) is 26.3. The van der Waals surface area contributed by atoms with Gasteiger partial charge >= 0.3 is 22.0 Å². The first-order valence-electron chi connectivity index (χ1n) is 15.8. The number of nitrogens with zero attached hydrogens (tertiary/aromatic N) is 6. The molecule has 30 heteroatoms. The monoisotopic (exact) mass is 922 g/mol. The molecule has 0 amide bonds. The summed E-state index contributed by atoms with van der Waals surface area (Å²) < 4.78 is 227. The van der Waals surface area contributed by atoms with Gasteiger partial charge in [0.2, 0.25) is 12.7 Å². The van der Waals surface area contributed by atoms with Crippen molar-refractivity contribution in [1.82, 2.24) is 9.13 Å². The van der Waals surface area contributed by atoms with Crippen LogP contribution in [0.3, 0.4) is 0 Å². The highest BCUT2D eigenvalue weighted by molar-refractivity contribution is 8.13. The van der Waals surface area contributed by atoms with E-state index in [2.05, 4.69) is 83.7 Å². The van der Waals surface area contributed by atoms with Crippen LogP contribution in [0.4, 0.5) is 52.7 Å². The van der Waals surface area contributed by atoms with Crippen molar-refractivity contribution in [1.29, 1.82) is 0 Å². The molecule has 0 N–H and O–H groups in total. The van der Waals surface area contributed by atoms with Crippen molar-refractivity contribution in [3.8, 4) is 0 Å². The van der Waals surface area contributed by atoms with Gasteiger partial charge in [0.15, 0.2) is 40.1 Å². The van der Waals surface area contributed by atoms with Crippen molar-refractivity contribution in [2.24, 2.45) is 14.1 Å². The van der Waals surface area contributed by atoms with Crippen LogP contribution in [-0.4, -0.2) is 64.8 Å². The summed E-state index contributed by atoms with van der Waals surface area (Å²) in [7, 11) is -22.8. The van der Waals surface area contributed by atoms with Gasteiger partial charge in [0.25, 0.3) is 0 Å². The van der Waals surface area contributed by atoms with Gasteiger partial charge in [-0.05, 0) is 25.7 Å². The largest absolute Gasteiger partial charge is 0.480 e. The minimum Gasteiger partial charge on any atom is -0.421 e. The summed E-state index contributed by atoms with van der Waals surface area (Å²) in [6, 6.07) is 0. The van der Waals surface area contributed by atoms with Crippen molar-refractivity contribution >= 4 is 40.1 Å². The van der Waals surface area contributed by atoms with Gasteiger partial charge in [0.05, 0.1) is 27.2 Å². The Hall–Kier alpha value is -2.70. The molecule has 2 heterocycles. The predicted molar refractivity (Wildman–Crippen MR) is 175 cm³/mol. The third-order valence-corrected chi connectivity index (χ3v) is 11.7. The molecule has 0 fully saturated rings. The fourth-order valence-corrected chi connectivity index (χ4v) is 6.91. The zero-order valence-corrected chi connectivity index (χ0v) is 33.3. The van der Waals surface area contributed by atoms with Crippen molar-refractivity contribution in [3.05, 3.63) is 45.7 Å². The molecule has 14 nitrogen and oxygen atoms in total. The van der Waals surface area contributed by atoms with E-state index in [4.69, 9.17) is 0 Å². The number of unbranched alkanes of at least 4 members (excludes halogenated alkanes) is 8. The number of hydrogen-bond donors (Lipinski definition) is 0. The lowest BCUT2D eigenvalue weighted by molar-refractivity contribution is -0.671. The smallest absolute Gasteiger partial charge is 0.421 e. The average Bonchev–Trinajstić information content (AvgIpc) is 3.61. The Kier molecular flexibility index (Phi) is 22.8. The molecule has 0 aromatic carbocycles. The van der Waals surface area contributed by atoms with Crippen LogP contribution in [0.2, 0.25) is 0 Å². The van der Waals surface area contributed by atoms with Crippen LogP contribution < -0.4 is 9.13 Å². The highest BCUT2D eigenvalue weighted by Crippen LogP contribution is 2.37. The van der Waals surface area contributed by atoms with E-state index in [0.29, 0.717) is 0 Å². The topological polar surface area (TPSA) is 182 Å². The Labute approximate surface area is 317 Å². The van der Waals surface area contributed by atoms with Gasteiger partial charge in [0.1, 0.15) is 24.8 Å². The highest BCUT2D eigenvalue weighted by atomic mass is 32.3. The Bertz CT molecular complexity index is 1650. The van der Waals surface area contributed by atoms with Gasteiger partial charge in [-0.15, -0.1) is 0 Å². The zero-order chi connectivity index (χ0) is 44.5. The maximum atomic E-state index is 11.4. The molecule has 0 radical (unpaired) electrons. The van der Waals surface area contributed by atoms with E-state index in [0.717, 1.165) is 8.25 Å². The number of hydrogen-bond acceptors (Lipinski definition) is 8. The molecule has 0 spiro atoms. The molecule has 0 aliphatic carbocycles.